The topological polar surface area (TPSA) is 28.2 Å². The number of para-hydroxylation sites is 6. The van der Waals surface area contributed by atoms with E-state index in [9.17, 15) is 0 Å². The van der Waals surface area contributed by atoms with Gasteiger partial charge in [-0.3, -0.25) is 0 Å². The van der Waals surface area contributed by atoms with Gasteiger partial charge in [-0.05, 0) is 0 Å². The molecular weight excluding hydrogens is 1120 g/mol. The summed E-state index contributed by atoms with van der Waals surface area (Å²) in [5.41, 5.74) is 24.8. The molecule has 0 spiro atoms. The van der Waals surface area contributed by atoms with Crippen LogP contribution in [0.1, 0.15) is 22.3 Å². The van der Waals surface area contributed by atoms with E-state index in [1.165, 1.54) is 80.8 Å². The minimum absolute atomic E-state index is 0.0518. The van der Waals surface area contributed by atoms with Crippen molar-refractivity contribution in [1.82, 2.24) is 0 Å². The Kier molecular flexibility index (Phi) is 11.4. The van der Waals surface area contributed by atoms with E-state index in [1.54, 1.807) is 0 Å². The van der Waals surface area contributed by atoms with Gasteiger partial charge in [0.1, 0.15) is 0 Å². The van der Waals surface area contributed by atoms with Crippen LogP contribution >= 0.6 is 0 Å². The average molecular weight is 1170 g/mol. The van der Waals surface area contributed by atoms with Gasteiger partial charge in [-0.2, -0.15) is 0 Å². The van der Waals surface area contributed by atoms with Crippen LogP contribution in [0.4, 0.5) is 51.2 Å². The summed E-state index contributed by atoms with van der Waals surface area (Å²) in [4.78, 5) is 7.52. The second-order valence-corrected chi connectivity index (χ2v) is 25.3. The molecule has 18 rings (SSSR count). The summed E-state index contributed by atoms with van der Waals surface area (Å²) in [7, 11) is 0. The van der Waals surface area contributed by atoms with Crippen LogP contribution in [0.25, 0.3) is 11.1 Å². The minimum atomic E-state index is -0.552. The Morgan fingerprint density at radius 1 is 0.276 bits per heavy atom. The summed E-state index contributed by atoms with van der Waals surface area (Å²) in [5.74, 6) is 3.18. The van der Waals surface area contributed by atoms with Gasteiger partial charge in [0.05, 0.1) is 0 Å². The molecule has 0 fully saturated rings. The Labute approximate surface area is 513 Å². The Morgan fingerprint density at radius 2 is 0.724 bits per heavy atom. The fourth-order valence-corrected chi connectivity index (χ4v) is 17.6. The van der Waals surface area contributed by atoms with Crippen LogP contribution in [0.5, 0.6) is 23.0 Å². The normalized spacial score (nSPS) is 13.9. The van der Waals surface area contributed by atoms with Crippen LogP contribution in [-0.4, -0.2) is 28.4 Å². The first-order valence-corrected chi connectivity index (χ1v) is 31.6. The van der Waals surface area contributed by atoms with E-state index in [1.807, 2.05) is 60.7 Å². The van der Waals surface area contributed by atoms with Gasteiger partial charge in [0.15, 0.2) is 0 Å². The number of hydrogen-bond acceptors (Lipinski definition) is 5. The van der Waals surface area contributed by atoms with Gasteiger partial charge >= 0.3 is 504 Å². The van der Waals surface area contributed by atoms with Gasteiger partial charge in [0.25, 0.3) is 0 Å². The van der Waals surface area contributed by atoms with Gasteiger partial charge in [0.2, 0.25) is 0 Å². The third kappa shape index (κ3) is 7.61. The van der Waals surface area contributed by atoms with Crippen LogP contribution in [0, 0.1) is 0 Å². The van der Waals surface area contributed by atoms with E-state index in [2.05, 4.69) is 263 Å². The average Bonchev–Trinajstić information content (AvgIpc) is 1.70. The molecule has 4 aliphatic heterocycles. The molecule has 5 aliphatic rings. The molecule has 0 atom stereocenters. The van der Waals surface area contributed by atoms with E-state index in [4.69, 9.17) is 9.47 Å². The van der Waals surface area contributed by atoms with Crippen molar-refractivity contribution in [3.63, 3.8) is 0 Å². The van der Waals surface area contributed by atoms with E-state index < -0.39 is 5.41 Å². The third-order valence-electron chi connectivity index (χ3n) is 18.4. The van der Waals surface area contributed by atoms with Gasteiger partial charge in [0, 0.05) is 0 Å². The zero-order valence-electron chi connectivity index (χ0n) is 47.2. The molecule has 1 aliphatic carbocycles. The Balaban J connectivity index is 0.922. The summed E-state index contributed by atoms with van der Waals surface area (Å²) in [6.07, 6.45) is 0. The van der Waals surface area contributed by atoms with Crippen molar-refractivity contribution in [2.45, 2.75) is 5.41 Å². The van der Waals surface area contributed by atoms with Gasteiger partial charge in [-0.25, -0.2) is 0 Å². The molecular formula is C79H51B2N3O2Se. The molecule has 8 heteroatoms. The molecule has 0 aromatic heterocycles. The maximum atomic E-state index is 7.07. The maximum absolute atomic E-state index is 7.07. The molecule has 5 nitrogen and oxygen atoms in total. The van der Waals surface area contributed by atoms with Crippen LogP contribution in [0.2, 0.25) is 0 Å². The number of nitrogens with zero attached hydrogens (tertiary/aromatic N) is 3. The molecule has 406 valence electrons. The predicted octanol–water partition coefficient (Wildman–Crippen LogP) is 14.0. The van der Waals surface area contributed by atoms with Crippen molar-refractivity contribution < 1.29 is 9.47 Å². The zero-order valence-corrected chi connectivity index (χ0v) is 48.9. The number of hydrogen-bond donors (Lipinski definition) is 0. The Bertz CT molecular complexity index is 4840. The van der Waals surface area contributed by atoms with Crippen molar-refractivity contribution in [2.75, 3.05) is 14.7 Å². The molecule has 4 heterocycles. The SMILES string of the molecule is c1ccc(Oc2cc3c4c(c2)N(c2ccccc2)c2ccccc2B4c2cc4c(cc2[Se]3)N(c2ccc3c(c2)-c2ccccc2C3(c2ccccc2)c2ccccc2)c2cc(Oc3ccccc3)cc3c2B4c2ccccc2N3c2ccccc2)cc1. The van der Waals surface area contributed by atoms with Crippen LogP contribution < -0.4 is 65.9 Å². The fourth-order valence-electron chi connectivity index (χ4n) is 15.0. The summed E-state index contributed by atoms with van der Waals surface area (Å²) in [6.45, 7) is -0.189. The first kappa shape index (κ1) is 49.9. The predicted molar refractivity (Wildman–Crippen MR) is 362 cm³/mol. The van der Waals surface area contributed by atoms with Crippen LogP contribution in [0.3, 0.4) is 0 Å². The van der Waals surface area contributed by atoms with Crippen molar-refractivity contribution in [2.24, 2.45) is 0 Å². The van der Waals surface area contributed by atoms with Crippen LogP contribution in [0.15, 0.2) is 309 Å². The molecule has 13 aromatic carbocycles. The second-order valence-electron chi connectivity index (χ2n) is 23.0. The van der Waals surface area contributed by atoms with Crippen LogP contribution in [-0.2, 0) is 5.41 Å². The second kappa shape index (κ2) is 19.8. The monoisotopic (exact) mass is 1180 g/mol. The van der Waals surface area contributed by atoms with E-state index in [0.717, 1.165) is 68.5 Å². The molecule has 0 saturated carbocycles. The van der Waals surface area contributed by atoms with Gasteiger partial charge in [-0.15, -0.1) is 0 Å². The molecule has 13 aromatic rings. The summed E-state index contributed by atoms with van der Waals surface area (Å²) in [6, 6.07) is 113. The van der Waals surface area contributed by atoms with Gasteiger partial charge < -0.3 is 0 Å². The molecule has 87 heavy (non-hydrogen) atoms. The molecule has 0 N–H and O–H groups in total. The Morgan fingerprint density at radius 3 is 1.30 bits per heavy atom. The quantitative estimate of drug-likeness (QED) is 0.134. The van der Waals surface area contributed by atoms with E-state index >= 15 is 0 Å². The van der Waals surface area contributed by atoms with Crippen molar-refractivity contribution in [3.8, 4) is 34.1 Å². The third-order valence-corrected chi connectivity index (χ3v) is 20.8. The molecule has 0 radical (unpaired) electrons. The fraction of sp³-hybridized carbons (Fsp3) is 0.0127. The number of anilines is 9. The molecule has 0 saturated heterocycles. The summed E-state index contributed by atoms with van der Waals surface area (Å²) < 4.78 is 16.6. The van der Waals surface area contributed by atoms with Gasteiger partial charge in [-0.1, -0.05) is 12.1 Å². The first-order valence-electron chi connectivity index (χ1n) is 29.9. The summed E-state index contributed by atoms with van der Waals surface area (Å²) in [5, 5.41) is 0. The number of fused-ring (bicyclic) bond motifs is 11. The number of benzene rings is 13. The van der Waals surface area contributed by atoms with Crippen molar-refractivity contribution >= 4 is 121 Å². The number of rotatable bonds is 9. The molecule has 0 amide bonds. The Hall–Kier alpha value is -10.5. The van der Waals surface area contributed by atoms with Crippen molar-refractivity contribution in [3.05, 3.63) is 332 Å². The van der Waals surface area contributed by atoms with E-state index in [0.29, 0.717) is 0 Å². The molecule has 0 unspecified atom stereocenters. The van der Waals surface area contributed by atoms with Crippen molar-refractivity contribution in [1.29, 1.82) is 0 Å². The first-order chi connectivity index (χ1) is 43.2. The zero-order chi connectivity index (χ0) is 57.2. The number of ether oxygens (including phenoxy) is 2. The standard InChI is InChI=1S/C79H51B2N3O2Se/c1-7-25-52(26-8-1)79(53-27-9-2-10-28-53)63-38-20-19-37-61(63)62-45-56(43-44-64(62)79)84-71-51-75-68(81-66-40-22-24-42-70(66)83(55-31-13-4-14-32-55)74-48-60(49-76(87-75)78(74)81)86-58-35-17-6-18-36-58)50-67(71)80-65-39-21-23-41-69(65)82(54-29-11-3-12-30-54)72-46-59(47-73(84)77(72)80)85-57-33-15-5-16-34-57/h1-51H. The molecule has 0 bridgehead atoms. The van der Waals surface area contributed by atoms with E-state index in [-0.39, 0.29) is 28.4 Å². The summed E-state index contributed by atoms with van der Waals surface area (Å²) >= 11 is -0.151.